The van der Waals surface area contributed by atoms with E-state index in [4.69, 9.17) is 13.9 Å². The summed E-state index contributed by atoms with van der Waals surface area (Å²) in [6, 6.07) is 8.65. The third-order valence-corrected chi connectivity index (χ3v) is 9.71. The van der Waals surface area contributed by atoms with Gasteiger partial charge in [0, 0.05) is 6.42 Å². The van der Waals surface area contributed by atoms with Crippen molar-refractivity contribution < 1.29 is 28.9 Å². The molecule has 0 aromatic heterocycles. The number of aliphatic hydroxyl groups is 2. The molecule has 0 aliphatic carbocycles. The molecule has 7 heteroatoms. The fourth-order valence-corrected chi connectivity index (χ4v) is 3.41. The Labute approximate surface area is 156 Å². The van der Waals surface area contributed by atoms with Crippen LogP contribution in [0.3, 0.4) is 0 Å². The monoisotopic (exact) mass is 382 g/mol. The Morgan fingerprint density at radius 1 is 1.31 bits per heavy atom. The van der Waals surface area contributed by atoms with Crippen LogP contribution in [0, 0.1) is 0 Å². The molecule has 1 aliphatic heterocycles. The van der Waals surface area contributed by atoms with Crippen LogP contribution >= 0.6 is 0 Å². The van der Waals surface area contributed by atoms with Crippen molar-refractivity contribution in [3.8, 4) is 0 Å². The summed E-state index contributed by atoms with van der Waals surface area (Å²) < 4.78 is 16.8. The molecule has 1 saturated heterocycles. The fourth-order valence-electron chi connectivity index (χ4n) is 2.41. The van der Waals surface area contributed by atoms with Crippen molar-refractivity contribution in [3.05, 3.63) is 35.9 Å². The van der Waals surface area contributed by atoms with Gasteiger partial charge in [-0.2, -0.15) is 0 Å². The molecule has 2 N–H and O–H groups in total. The van der Waals surface area contributed by atoms with E-state index < -0.39 is 32.3 Å². The van der Waals surface area contributed by atoms with Gasteiger partial charge in [-0.1, -0.05) is 39.0 Å². The van der Waals surface area contributed by atoms with Crippen LogP contribution in [-0.4, -0.2) is 55.7 Å². The predicted octanol–water partition coefficient (Wildman–Crippen LogP) is 2.70. The molecular formula is C19H30O6Si. The molecule has 1 aromatic carbocycles. The maximum atomic E-state index is 12.0. The number of rotatable bonds is 6. The molecule has 1 aromatic rings. The zero-order valence-corrected chi connectivity index (χ0v) is 17.2. The maximum Gasteiger partial charge on any atom is 0.338 e. The van der Waals surface area contributed by atoms with Crippen LogP contribution in [0.15, 0.2) is 30.3 Å². The molecular weight excluding hydrogens is 352 g/mol. The van der Waals surface area contributed by atoms with Crippen molar-refractivity contribution >= 4 is 14.3 Å². The summed E-state index contributed by atoms with van der Waals surface area (Å²) in [6.45, 7) is 10.3. The van der Waals surface area contributed by atoms with E-state index in [2.05, 4.69) is 33.9 Å². The molecule has 1 aliphatic rings. The quantitative estimate of drug-likeness (QED) is 0.581. The lowest BCUT2D eigenvalue weighted by Gasteiger charge is -2.38. The molecule has 3 atom stereocenters. The summed E-state index contributed by atoms with van der Waals surface area (Å²) in [6.07, 6.45) is -1.49. The Bertz CT molecular complexity index is 612. The molecule has 1 heterocycles. The minimum Gasteiger partial charge on any atom is -0.459 e. The Morgan fingerprint density at radius 3 is 2.50 bits per heavy atom. The van der Waals surface area contributed by atoms with Gasteiger partial charge in [-0.15, -0.1) is 0 Å². The van der Waals surface area contributed by atoms with E-state index in [1.54, 1.807) is 24.3 Å². The first-order valence-corrected chi connectivity index (χ1v) is 11.8. The number of ether oxygens (including phenoxy) is 2. The van der Waals surface area contributed by atoms with Crippen LogP contribution in [-0.2, 0) is 13.9 Å². The van der Waals surface area contributed by atoms with Crippen molar-refractivity contribution in [1.29, 1.82) is 0 Å². The highest BCUT2D eigenvalue weighted by Gasteiger charge is 2.49. The Balaban J connectivity index is 1.89. The summed E-state index contributed by atoms with van der Waals surface area (Å²) in [4.78, 5) is 12.0. The van der Waals surface area contributed by atoms with Gasteiger partial charge in [-0.05, 0) is 30.3 Å². The van der Waals surface area contributed by atoms with E-state index in [1.807, 2.05) is 6.07 Å². The van der Waals surface area contributed by atoms with Crippen LogP contribution < -0.4 is 0 Å². The van der Waals surface area contributed by atoms with Gasteiger partial charge >= 0.3 is 5.97 Å². The fraction of sp³-hybridized carbons (Fsp3) is 0.632. The molecule has 0 unspecified atom stereocenters. The Hall–Kier alpha value is -1.25. The molecule has 26 heavy (non-hydrogen) atoms. The molecule has 6 nitrogen and oxygen atoms in total. The second-order valence-electron chi connectivity index (χ2n) is 8.35. The minimum absolute atomic E-state index is 0.0163. The van der Waals surface area contributed by atoms with Crippen molar-refractivity contribution in [2.45, 2.75) is 63.3 Å². The number of benzene rings is 1. The highest BCUT2D eigenvalue weighted by Crippen LogP contribution is 2.38. The maximum absolute atomic E-state index is 12.0. The first-order chi connectivity index (χ1) is 11.9. The van der Waals surface area contributed by atoms with Gasteiger partial charge < -0.3 is 24.1 Å². The molecule has 1 fully saturated rings. The normalized spacial score (nSPS) is 26.7. The number of carbonyl (C=O) groups excluding carboxylic acids is 1. The molecule has 0 spiro atoms. The van der Waals surface area contributed by atoms with E-state index in [9.17, 15) is 15.0 Å². The Kier molecular flexibility index (Phi) is 6.30. The van der Waals surface area contributed by atoms with Gasteiger partial charge in [0.05, 0.1) is 18.3 Å². The average Bonchev–Trinajstić information content (AvgIpc) is 2.85. The van der Waals surface area contributed by atoms with Crippen molar-refractivity contribution in [1.82, 2.24) is 0 Å². The van der Waals surface area contributed by atoms with E-state index in [0.717, 1.165) is 0 Å². The number of hydrogen-bond donors (Lipinski definition) is 2. The van der Waals surface area contributed by atoms with E-state index in [1.165, 1.54) is 0 Å². The first kappa shape index (κ1) is 21.1. The van der Waals surface area contributed by atoms with E-state index in [-0.39, 0.29) is 24.7 Å². The van der Waals surface area contributed by atoms with Gasteiger partial charge in [-0.3, -0.25) is 0 Å². The second-order valence-corrected chi connectivity index (χ2v) is 13.2. The van der Waals surface area contributed by atoms with Crippen molar-refractivity contribution in [2.24, 2.45) is 0 Å². The molecule has 0 saturated carbocycles. The highest BCUT2D eigenvalue weighted by molar-refractivity contribution is 6.74. The molecule has 0 bridgehead atoms. The molecule has 146 valence electrons. The standard InChI is InChI=1S/C19H30O6Si/c1-18(2,3)26(4,5)24-13-19(22)16(20)11-15(25-19)12-23-17(21)14-9-7-6-8-10-14/h6-10,15-16,20,22H,11-13H2,1-5H3/t15-,16-,19-/m0/s1. The second kappa shape index (κ2) is 7.78. The lowest BCUT2D eigenvalue weighted by Crippen LogP contribution is -2.50. The zero-order chi connectivity index (χ0) is 19.6. The highest BCUT2D eigenvalue weighted by atomic mass is 28.4. The zero-order valence-electron chi connectivity index (χ0n) is 16.2. The third-order valence-electron chi connectivity index (χ3n) is 5.23. The van der Waals surface area contributed by atoms with Crippen LogP contribution in [0.25, 0.3) is 0 Å². The summed E-state index contributed by atoms with van der Waals surface area (Å²) in [7, 11) is -2.09. The van der Waals surface area contributed by atoms with Crippen LogP contribution in [0.5, 0.6) is 0 Å². The lowest BCUT2D eigenvalue weighted by molar-refractivity contribution is -0.245. The van der Waals surface area contributed by atoms with Gasteiger partial charge in [0.2, 0.25) is 5.79 Å². The topological polar surface area (TPSA) is 85.2 Å². The summed E-state index contributed by atoms with van der Waals surface area (Å²) in [5.74, 6) is -2.24. The Morgan fingerprint density at radius 2 is 1.92 bits per heavy atom. The lowest BCUT2D eigenvalue weighted by atomic mass is 10.1. The number of aliphatic hydroxyl groups excluding tert-OH is 1. The van der Waals surface area contributed by atoms with Gasteiger partial charge in [0.25, 0.3) is 0 Å². The summed E-state index contributed by atoms with van der Waals surface area (Å²) in [5, 5.41) is 20.8. The molecule has 2 rings (SSSR count). The van der Waals surface area contributed by atoms with E-state index in [0.29, 0.717) is 5.56 Å². The van der Waals surface area contributed by atoms with E-state index >= 15 is 0 Å². The first-order valence-electron chi connectivity index (χ1n) is 8.89. The van der Waals surface area contributed by atoms with Crippen molar-refractivity contribution in [2.75, 3.05) is 13.2 Å². The summed E-state index contributed by atoms with van der Waals surface area (Å²) in [5.41, 5.74) is 0.447. The smallest absolute Gasteiger partial charge is 0.338 e. The average molecular weight is 383 g/mol. The van der Waals surface area contributed by atoms with Crippen LogP contribution in [0.2, 0.25) is 18.1 Å². The number of hydrogen-bond acceptors (Lipinski definition) is 6. The van der Waals surface area contributed by atoms with Crippen LogP contribution in [0.4, 0.5) is 0 Å². The van der Waals surface area contributed by atoms with Crippen LogP contribution in [0.1, 0.15) is 37.6 Å². The number of carbonyl (C=O) groups is 1. The predicted molar refractivity (Wildman–Crippen MR) is 100 cm³/mol. The molecule has 0 amide bonds. The van der Waals surface area contributed by atoms with Gasteiger partial charge in [0.1, 0.15) is 12.7 Å². The minimum atomic E-state index is -2.09. The van der Waals surface area contributed by atoms with Crippen molar-refractivity contribution in [3.63, 3.8) is 0 Å². The SMILES string of the molecule is CC(C)(C)[Si](C)(C)OC[C@]1(O)O[C@H](COC(=O)c2ccccc2)C[C@@H]1O. The molecule has 0 radical (unpaired) electrons. The summed E-state index contributed by atoms with van der Waals surface area (Å²) >= 11 is 0. The number of esters is 1. The largest absolute Gasteiger partial charge is 0.459 e. The third kappa shape index (κ3) is 4.92. The van der Waals surface area contributed by atoms with Gasteiger partial charge in [-0.25, -0.2) is 4.79 Å². The van der Waals surface area contributed by atoms with Gasteiger partial charge in [0.15, 0.2) is 8.32 Å².